The van der Waals surface area contributed by atoms with Crippen LogP contribution in [0.25, 0.3) is 0 Å². The maximum atomic E-state index is 10.2. The lowest BCUT2D eigenvalue weighted by Crippen LogP contribution is -2.15. The van der Waals surface area contributed by atoms with Crippen LogP contribution in [0.4, 0.5) is 0 Å². The molecule has 11 heavy (non-hydrogen) atoms. The maximum absolute atomic E-state index is 10.2. The van der Waals surface area contributed by atoms with E-state index in [1.54, 1.807) is 30.8 Å². The molecule has 0 saturated heterocycles. The van der Waals surface area contributed by atoms with Crippen molar-refractivity contribution in [2.24, 2.45) is 0 Å². The normalized spacial score (nSPS) is 20.2. The average Bonchev–Trinajstić information content (AvgIpc) is 2.50. The molecule has 2 heterocycles. The van der Waals surface area contributed by atoms with Crippen LogP contribution in [-0.4, -0.2) is 11.3 Å². The van der Waals surface area contributed by atoms with Gasteiger partial charge in [0.1, 0.15) is 0 Å². The van der Waals surface area contributed by atoms with Crippen LogP contribution in [0.1, 0.15) is 0 Å². The molecule has 2 rings (SSSR count). The summed E-state index contributed by atoms with van der Waals surface area (Å²) < 4.78 is 0. The van der Waals surface area contributed by atoms with Crippen LogP contribution in [-0.2, 0) is 9.73 Å². The van der Waals surface area contributed by atoms with Crippen LogP contribution in [0.3, 0.4) is 0 Å². The predicted octanol–water partition coefficient (Wildman–Crippen LogP) is 0.143. The molecule has 0 aromatic carbocycles. The van der Waals surface area contributed by atoms with E-state index in [4.69, 9.17) is 4.94 Å². The fourth-order valence-electron chi connectivity index (χ4n) is 0.901. The Hall–Kier alpha value is -1.55. The van der Waals surface area contributed by atoms with E-state index >= 15 is 0 Å². The van der Waals surface area contributed by atoms with E-state index in [0.29, 0.717) is 5.57 Å². The monoisotopic (exact) mass is 149 g/mol. The van der Waals surface area contributed by atoms with E-state index in [-0.39, 0.29) is 0 Å². The summed E-state index contributed by atoms with van der Waals surface area (Å²) in [6.45, 7) is 0. The first-order valence-electron chi connectivity index (χ1n) is 3.10. The standard InChI is InChI=1S/C7H5N2O2/c10-5-6-1-2-9-7(3-6)4-8-11-9/h1-4,8H. The first-order valence-corrected chi connectivity index (χ1v) is 3.10. The molecule has 4 heteroatoms. The number of nitrogens with one attached hydrogen (secondary N) is 1. The quantitative estimate of drug-likeness (QED) is 0.576. The van der Waals surface area contributed by atoms with Crippen molar-refractivity contribution in [2.75, 3.05) is 0 Å². The van der Waals surface area contributed by atoms with Crippen molar-refractivity contribution in [1.29, 1.82) is 0 Å². The summed E-state index contributed by atoms with van der Waals surface area (Å²) in [5, 5.41) is 1.51. The predicted molar refractivity (Wildman–Crippen MR) is 37.1 cm³/mol. The van der Waals surface area contributed by atoms with Crippen LogP contribution in [0, 0.1) is 0 Å². The van der Waals surface area contributed by atoms with Crippen molar-refractivity contribution in [3.05, 3.63) is 35.8 Å². The summed E-state index contributed by atoms with van der Waals surface area (Å²) in [5.74, 6) is 0. The SMILES string of the molecule is O=[C]C1=CC2=CNON2C=C1. The van der Waals surface area contributed by atoms with E-state index < -0.39 is 0 Å². The molecule has 0 aromatic rings. The number of fused-ring (bicyclic) bond motifs is 1. The molecular weight excluding hydrogens is 144 g/mol. The van der Waals surface area contributed by atoms with Gasteiger partial charge in [-0.2, -0.15) is 4.94 Å². The zero-order chi connectivity index (χ0) is 7.68. The number of nitrogens with zero attached hydrogens (tertiary/aromatic N) is 1. The second kappa shape index (κ2) is 2.25. The molecule has 0 aromatic heterocycles. The highest BCUT2D eigenvalue weighted by atomic mass is 16.8. The summed E-state index contributed by atoms with van der Waals surface area (Å²) in [7, 11) is 0. The van der Waals surface area contributed by atoms with E-state index in [9.17, 15) is 4.79 Å². The topological polar surface area (TPSA) is 41.6 Å². The minimum absolute atomic E-state index is 0.514. The smallest absolute Gasteiger partial charge is 0.233 e. The van der Waals surface area contributed by atoms with Gasteiger partial charge in [0.25, 0.3) is 0 Å². The van der Waals surface area contributed by atoms with Crippen molar-refractivity contribution >= 4 is 6.29 Å². The zero-order valence-electron chi connectivity index (χ0n) is 5.57. The Morgan fingerprint density at radius 2 is 2.55 bits per heavy atom. The Kier molecular flexibility index (Phi) is 1.26. The van der Waals surface area contributed by atoms with Crippen molar-refractivity contribution in [2.45, 2.75) is 0 Å². The Bertz CT molecular complexity index is 278. The van der Waals surface area contributed by atoms with Crippen molar-refractivity contribution in [3.63, 3.8) is 0 Å². The highest BCUT2D eigenvalue weighted by Gasteiger charge is 2.15. The Labute approximate surface area is 63.3 Å². The third kappa shape index (κ3) is 0.929. The molecule has 1 N–H and O–H groups in total. The molecule has 4 nitrogen and oxygen atoms in total. The van der Waals surface area contributed by atoms with E-state index in [1.165, 1.54) is 5.06 Å². The number of hydrogen-bond acceptors (Lipinski definition) is 4. The minimum atomic E-state index is 0.514. The molecule has 0 spiro atoms. The third-order valence-corrected chi connectivity index (χ3v) is 1.42. The molecule has 55 valence electrons. The second-order valence-electron chi connectivity index (χ2n) is 2.12. The Morgan fingerprint density at radius 3 is 3.36 bits per heavy atom. The number of allylic oxidation sites excluding steroid dienone is 3. The van der Waals surface area contributed by atoms with Gasteiger partial charge in [0.2, 0.25) is 6.29 Å². The van der Waals surface area contributed by atoms with E-state index in [2.05, 4.69) is 5.48 Å². The van der Waals surface area contributed by atoms with Gasteiger partial charge in [0.15, 0.2) is 0 Å². The number of hydrogen-bond donors (Lipinski definition) is 1. The fraction of sp³-hybridized carbons (Fsp3) is 0. The van der Waals surface area contributed by atoms with Crippen LogP contribution in [0.15, 0.2) is 35.8 Å². The summed E-state index contributed by atoms with van der Waals surface area (Å²) in [4.78, 5) is 15.1. The van der Waals surface area contributed by atoms with Gasteiger partial charge >= 0.3 is 0 Å². The first kappa shape index (κ1) is 6.18. The van der Waals surface area contributed by atoms with Gasteiger partial charge in [0, 0.05) is 11.8 Å². The summed E-state index contributed by atoms with van der Waals surface area (Å²) in [6, 6.07) is 0. The molecule has 2 aliphatic rings. The Morgan fingerprint density at radius 1 is 1.64 bits per heavy atom. The van der Waals surface area contributed by atoms with Gasteiger partial charge < -0.3 is 0 Å². The highest BCUT2D eigenvalue weighted by Crippen LogP contribution is 2.18. The van der Waals surface area contributed by atoms with E-state index in [1.807, 2.05) is 0 Å². The highest BCUT2D eigenvalue weighted by molar-refractivity contribution is 5.79. The van der Waals surface area contributed by atoms with Crippen LogP contribution < -0.4 is 5.48 Å². The zero-order valence-corrected chi connectivity index (χ0v) is 5.57. The van der Waals surface area contributed by atoms with Gasteiger partial charge in [0.05, 0.1) is 11.9 Å². The summed E-state index contributed by atoms with van der Waals surface area (Å²) in [5.41, 5.74) is 3.86. The van der Waals surface area contributed by atoms with Gasteiger partial charge in [-0.05, 0) is 12.2 Å². The largest absolute Gasteiger partial charge is 0.285 e. The van der Waals surface area contributed by atoms with Crippen LogP contribution in [0.5, 0.6) is 0 Å². The molecule has 0 saturated carbocycles. The molecule has 1 radical (unpaired) electrons. The summed E-state index contributed by atoms with van der Waals surface area (Å²) in [6.07, 6.45) is 8.38. The van der Waals surface area contributed by atoms with Crippen molar-refractivity contribution in [3.8, 4) is 0 Å². The molecule has 0 aliphatic carbocycles. The van der Waals surface area contributed by atoms with Gasteiger partial charge in [-0.25, -0.2) is 10.5 Å². The second-order valence-corrected chi connectivity index (χ2v) is 2.12. The van der Waals surface area contributed by atoms with Crippen LogP contribution >= 0.6 is 0 Å². The lowest BCUT2D eigenvalue weighted by molar-refractivity contribution is -0.112. The minimum Gasteiger partial charge on any atom is -0.285 e. The lowest BCUT2D eigenvalue weighted by Gasteiger charge is -2.14. The molecule has 0 fully saturated rings. The fourth-order valence-corrected chi connectivity index (χ4v) is 0.901. The maximum Gasteiger partial charge on any atom is 0.233 e. The van der Waals surface area contributed by atoms with E-state index in [0.717, 1.165) is 5.70 Å². The molecule has 0 amide bonds. The number of rotatable bonds is 1. The first-order chi connectivity index (χ1) is 5.40. The van der Waals surface area contributed by atoms with Gasteiger partial charge in [-0.15, -0.1) is 0 Å². The van der Waals surface area contributed by atoms with Crippen molar-refractivity contribution in [1.82, 2.24) is 10.5 Å². The summed E-state index contributed by atoms with van der Waals surface area (Å²) >= 11 is 0. The van der Waals surface area contributed by atoms with Crippen molar-refractivity contribution < 1.29 is 9.73 Å². The molecule has 2 aliphatic heterocycles. The molecule has 0 bridgehead atoms. The van der Waals surface area contributed by atoms with Gasteiger partial charge in [-0.1, -0.05) is 0 Å². The average molecular weight is 149 g/mol. The van der Waals surface area contributed by atoms with Gasteiger partial charge in [-0.3, -0.25) is 4.79 Å². The molecule has 0 atom stereocenters. The third-order valence-electron chi connectivity index (χ3n) is 1.42. The molecule has 0 unspecified atom stereocenters. The molecular formula is C7H5N2O2. The van der Waals surface area contributed by atoms with Crippen LogP contribution in [0.2, 0.25) is 0 Å². The lowest BCUT2D eigenvalue weighted by atomic mass is 10.2. The number of carbonyl (C=O) groups excluding carboxylic acids is 1. The Balaban J connectivity index is 2.32. The number of hydroxylamine groups is 3.